The molecule has 0 saturated carbocycles. The molecule has 2 heterocycles. The van der Waals surface area contributed by atoms with E-state index >= 15 is 0 Å². The lowest BCUT2D eigenvalue weighted by molar-refractivity contribution is 1.72. The zero-order valence-corrected chi connectivity index (χ0v) is 31.8. The number of hydrogen-bond acceptors (Lipinski definition) is 2. The Bertz CT molecular complexity index is 3750. The molecule has 0 aliphatic rings. The lowest BCUT2D eigenvalue weighted by Gasteiger charge is -2.21. The largest absolute Gasteiger partial charge is 0.135 e. The molecule has 13 aromatic rings. The van der Waals surface area contributed by atoms with Crippen molar-refractivity contribution in [3.63, 3.8) is 0 Å². The minimum absolute atomic E-state index is 1.26. The van der Waals surface area contributed by atoms with Gasteiger partial charge in [-0.05, 0) is 106 Å². The van der Waals surface area contributed by atoms with Crippen LogP contribution in [0.25, 0.3) is 127 Å². The number of thiophene rings is 2. The molecule has 258 valence electrons. The second-order valence-corrected chi connectivity index (χ2v) is 17.2. The first-order valence-corrected chi connectivity index (χ1v) is 20.9. The number of benzene rings is 11. The predicted octanol–water partition coefficient (Wildman–Crippen LogP) is 16.7. The molecule has 0 saturated heterocycles. The first-order valence-electron chi connectivity index (χ1n) is 19.3. The average molecular weight is 743 g/mol. The maximum absolute atomic E-state index is 2.50. The highest BCUT2D eigenvalue weighted by Gasteiger charge is 2.24. The van der Waals surface area contributed by atoms with Crippen LogP contribution < -0.4 is 0 Å². The van der Waals surface area contributed by atoms with E-state index in [-0.39, 0.29) is 0 Å². The molecule has 0 aliphatic heterocycles. The van der Waals surface area contributed by atoms with Crippen LogP contribution in [0.4, 0.5) is 0 Å². The normalized spacial score (nSPS) is 12.3. The summed E-state index contributed by atoms with van der Waals surface area (Å²) in [5.74, 6) is 0. The molecular formula is C54H30S2. The van der Waals surface area contributed by atoms with Gasteiger partial charge in [-0.3, -0.25) is 0 Å². The summed E-state index contributed by atoms with van der Waals surface area (Å²) < 4.78 is 5.37. The molecule has 0 spiro atoms. The summed E-state index contributed by atoms with van der Waals surface area (Å²) in [6.07, 6.45) is 0. The number of rotatable bonds is 2. The van der Waals surface area contributed by atoms with Crippen LogP contribution in [0.3, 0.4) is 0 Å². The summed E-state index contributed by atoms with van der Waals surface area (Å²) in [7, 11) is 0. The Kier molecular flexibility index (Phi) is 6.29. The Hall–Kier alpha value is -6.58. The monoisotopic (exact) mass is 742 g/mol. The quantitative estimate of drug-likeness (QED) is 0.122. The van der Waals surface area contributed by atoms with Gasteiger partial charge in [0.15, 0.2) is 0 Å². The van der Waals surface area contributed by atoms with Gasteiger partial charge in [0.05, 0.1) is 0 Å². The van der Waals surface area contributed by atoms with E-state index in [1.54, 1.807) is 0 Å². The molecule has 0 nitrogen and oxygen atoms in total. The molecular weight excluding hydrogens is 713 g/mol. The molecule has 2 heteroatoms. The van der Waals surface area contributed by atoms with E-state index < -0.39 is 0 Å². The van der Waals surface area contributed by atoms with E-state index in [0.29, 0.717) is 0 Å². The van der Waals surface area contributed by atoms with E-state index in [9.17, 15) is 0 Å². The molecule has 0 bridgehead atoms. The Morgan fingerprint density at radius 2 is 0.732 bits per heavy atom. The Labute approximate surface area is 330 Å². The third-order valence-electron chi connectivity index (χ3n) is 12.2. The summed E-state index contributed by atoms with van der Waals surface area (Å²) in [4.78, 5) is 0. The Balaban J connectivity index is 1.21. The van der Waals surface area contributed by atoms with Gasteiger partial charge in [-0.15, -0.1) is 22.7 Å². The van der Waals surface area contributed by atoms with Crippen LogP contribution in [0.1, 0.15) is 0 Å². The van der Waals surface area contributed by atoms with Crippen molar-refractivity contribution in [3.05, 3.63) is 182 Å². The van der Waals surface area contributed by atoms with Gasteiger partial charge in [0.25, 0.3) is 0 Å². The number of fused-ring (bicyclic) bond motifs is 16. The van der Waals surface area contributed by atoms with Crippen molar-refractivity contribution in [1.29, 1.82) is 0 Å². The van der Waals surface area contributed by atoms with E-state index in [0.717, 1.165) is 0 Å². The van der Waals surface area contributed by atoms with Gasteiger partial charge in [0.2, 0.25) is 0 Å². The Morgan fingerprint density at radius 3 is 1.41 bits per heavy atom. The fourth-order valence-corrected chi connectivity index (χ4v) is 12.2. The molecule has 0 atom stereocenters. The molecule has 13 rings (SSSR count). The van der Waals surface area contributed by atoms with Gasteiger partial charge in [0.1, 0.15) is 0 Å². The van der Waals surface area contributed by atoms with Crippen LogP contribution in [-0.4, -0.2) is 0 Å². The lowest BCUT2D eigenvalue weighted by Crippen LogP contribution is -1.93. The molecule has 0 aliphatic carbocycles. The van der Waals surface area contributed by atoms with Crippen LogP contribution in [0.2, 0.25) is 0 Å². The Morgan fingerprint density at radius 1 is 0.250 bits per heavy atom. The van der Waals surface area contributed by atoms with Crippen molar-refractivity contribution >= 4 is 128 Å². The van der Waals surface area contributed by atoms with Crippen molar-refractivity contribution < 1.29 is 0 Å². The van der Waals surface area contributed by atoms with Gasteiger partial charge in [-0.1, -0.05) is 152 Å². The lowest BCUT2D eigenvalue weighted by atomic mass is 9.82. The summed E-state index contributed by atoms with van der Waals surface area (Å²) in [6.45, 7) is 0. The predicted molar refractivity (Wildman–Crippen MR) is 248 cm³/mol. The summed E-state index contributed by atoms with van der Waals surface area (Å²) >= 11 is 3.84. The van der Waals surface area contributed by atoms with Gasteiger partial charge < -0.3 is 0 Å². The molecule has 2 aromatic heterocycles. The highest BCUT2D eigenvalue weighted by atomic mass is 32.1. The maximum atomic E-state index is 2.50. The second kappa shape index (κ2) is 11.5. The SMILES string of the molecule is c1ccc2c(c1)ccc1c(-c3c4ccccc4c(-c4cc5ccc6sc7ccccc7c6c5c5c4sc4ccccc45)c4ccccc34)cc3ccccc3c12. The van der Waals surface area contributed by atoms with Crippen LogP contribution in [0.15, 0.2) is 182 Å². The average Bonchev–Trinajstić information content (AvgIpc) is 3.84. The third-order valence-corrected chi connectivity index (χ3v) is 14.5. The van der Waals surface area contributed by atoms with E-state index in [1.807, 2.05) is 22.7 Å². The fraction of sp³-hybridized carbons (Fsp3) is 0. The van der Waals surface area contributed by atoms with Crippen LogP contribution in [0, 0.1) is 0 Å². The zero-order valence-electron chi connectivity index (χ0n) is 30.1. The molecule has 0 unspecified atom stereocenters. The molecule has 0 fully saturated rings. The minimum Gasteiger partial charge on any atom is -0.135 e. The summed E-state index contributed by atoms with van der Waals surface area (Å²) in [6, 6.07) is 68.3. The maximum Gasteiger partial charge on any atom is 0.0440 e. The van der Waals surface area contributed by atoms with Crippen molar-refractivity contribution in [2.24, 2.45) is 0 Å². The highest BCUT2D eigenvalue weighted by Crippen LogP contribution is 2.53. The van der Waals surface area contributed by atoms with E-state index in [4.69, 9.17) is 0 Å². The van der Waals surface area contributed by atoms with Gasteiger partial charge >= 0.3 is 0 Å². The van der Waals surface area contributed by atoms with Gasteiger partial charge in [0, 0.05) is 51.3 Å². The topological polar surface area (TPSA) is 0 Å². The van der Waals surface area contributed by atoms with Crippen molar-refractivity contribution in [1.82, 2.24) is 0 Å². The van der Waals surface area contributed by atoms with Crippen LogP contribution in [-0.2, 0) is 0 Å². The van der Waals surface area contributed by atoms with Gasteiger partial charge in [-0.25, -0.2) is 0 Å². The van der Waals surface area contributed by atoms with E-state index in [1.165, 1.54) is 127 Å². The standard InChI is InChI=1S/C54H30S2/c1-3-15-34-31(13-1)25-27-40-43(29-32-14-2-4-16-35(32)49(34)40)50-36-17-5-7-19-38(36)51(39-20-8-6-18-37(39)50)44-30-33-26-28-47-52(41-21-9-11-23-45(41)55-47)48(33)53-42-22-10-12-24-46(42)56-54(44)53/h1-30H. The van der Waals surface area contributed by atoms with Crippen molar-refractivity contribution in [2.45, 2.75) is 0 Å². The molecule has 0 radical (unpaired) electrons. The van der Waals surface area contributed by atoms with Crippen LogP contribution >= 0.6 is 22.7 Å². The summed E-state index contributed by atoms with van der Waals surface area (Å²) in [5, 5.41) is 20.9. The molecule has 0 N–H and O–H groups in total. The second-order valence-electron chi connectivity index (χ2n) is 15.1. The third kappa shape index (κ3) is 4.12. The minimum atomic E-state index is 1.26. The highest BCUT2D eigenvalue weighted by molar-refractivity contribution is 7.27. The first kappa shape index (κ1) is 30.7. The van der Waals surface area contributed by atoms with Crippen molar-refractivity contribution in [3.8, 4) is 22.3 Å². The van der Waals surface area contributed by atoms with Crippen LogP contribution in [0.5, 0.6) is 0 Å². The summed E-state index contributed by atoms with van der Waals surface area (Å²) in [5.41, 5.74) is 5.19. The smallest absolute Gasteiger partial charge is 0.0440 e. The van der Waals surface area contributed by atoms with Crippen molar-refractivity contribution in [2.75, 3.05) is 0 Å². The fourth-order valence-electron chi connectivity index (χ4n) is 9.90. The van der Waals surface area contributed by atoms with Gasteiger partial charge in [-0.2, -0.15) is 0 Å². The molecule has 11 aromatic carbocycles. The zero-order chi connectivity index (χ0) is 36.5. The first-order chi connectivity index (χ1) is 27.8. The van der Waals surface area contributed by atoms with E-state index in [2.05, 4.69) is 182 Å². The molecule has 56 heavy (non-hydrogen) atoms. The molecule has 0 amide bonds. The number of hydrogen-bond donors (Lipinski definition) is 0.